The smallest absolute Gasteiger partial charge is 0.326 e. The Morgan fingerprint density at radius 3 is 2.27 bits per heavy atom. The minimum atomic E-state index is -3.67. The summed E-state index contributed by atoms with van der Waals surface area (Å²) >= 11 is 0. The number of benzene rings is 1. The van der Waals surface area contributed by atoms with E-state index in [1.165, 1.54) is 28.6 Å². The number of nitrogens with one attached hydrogen (secondary N) is 1. The molecule has 0 saturated carbocycles. The van der Waals surface area contributed by atoms with E-state index in [0.717, 1.165) is 25.7 Å². The van der Waals surface area contributed by atoms with E-state index in [-0.39, 0.29) is 16.4 Å². The molecule has 1 aliphatic heterocycles. The minimum Gasteiger partial charge on any atom is -0.480 e. The molecular weight excluding hydrogens is 356 g/mol. The van der Waals surface area contributed by atoms with Gasteiger partial charge in [-0.15, -0.1) is 0 Å². The third kappa shape index (κ3) is 4.82. The lowest BCUT2D eigenvalue weighted by molar-refractivity contribution is -0.140. The summed E-state index contributed by atoms with van der Waals surface area (Å²) in [6.45, 7) is 4.35. The Hall–Kier alpha value is -1.93. The maximum Gasteiger partial charge on any atom is 0.326 e. The molecule has 144 valence electrons. The Morgan fingerprint density at radius 1 is 1.12 bits per heavy atom. The summed E-state index contributed by atoms with van der Waals surface area (Å²) in [5, 5.41) is 11.7. The Balaban J connectivity index is 2.23. The second-order valence-corrected chi connectivity index (χ2v) is 8.82. The third-order valence-corrected chi connectivity index (χ3v) is 6.41. The van der Waals surface area contributed by atoms with E-state index < -0.39 is 27.9 Å². The van der Waals surface area contributed by atoms with Crippen LogP contribution >= 0.6 is 0 Å². The predicted molar refractivity (Wildman–Crippen MR) is 97.4 cm³/mol. The van der Waals surface area contributed by atoms with Crippen LogP contribution in [0.5, 0.6) is 0 Å². The van der Waals surface area contributed by atoms with Crippen molar-refractivity contribution in [1.82, 2.24) is 9.62 Å². The van der Waals surface area contributed by atoms with Crippen molar-refractivity contribution in [3.05, 3.63) is 29.8 Å². The van der Waals surface area contributed by atoms with Crippen molar-refractivity contribution in [3.63, 3.8) is 0 Å². The molecule has 7 nitrogen and oxygen atoms in total. The molecule has 0 aromatic heterocycles. The SMILES string of the molecule is CC(C)C(NC(=O)c1cccc(S(=O)(=O)N2CCCCCC2)c1)C(=O)O. The van der Waals surface area contributed by atoms with Crippen molar-refractivity contribution in [1.29, 1.82) is 0 Å². The number of hydrogen-bond acceptors (Lipinski definition) is 4. The van der Waals surface area contributed by atoms with Crippen LogP contribution in [0.3, 0.4) is 0 Å². The number of nitrogens with zero attached hydrogens (tertiary/aromatic N) is 1. The van der Waals surface area contributed by atoms with Gasteiger partial charge in [-0.05, 0) is 37.0 Å². The van der Waals surface area contributed by atoms with Gasteiger partial charge in [-0.1, -0.05) is 32.8 Å². The highest BCUT2D eigenvalue weighted by molar-refractivity contribution is 7.89. The van der Waals surface area contributed by atoms with E-state index >= 15 is 0 Å². The van der Waals surface area contributed by atoms with E-state index in [9.17, 15) is 23.1 Å². The molecule has 1 amide bonds. The molecule has 1 aliphatic rings. The summed E-state index contributed by atoms with van der Waals surface area (Å²) < 4.78 is 27.2. The van der Waals surface area contributed by atoms with Crippen molar-refractivity contribution in [2.24, 2.45) is 5.92 Å². The van der Waals surface area contributed by atoms with Crippen LogP contribution in [0, 0.1) is 5.92 Å². The van der Waals surface area contributed by atoms with Crippen molar-refractivity contribution in [2.45, 2.75) is 50.5 Å². The second kappa shape index (κ2) is 8.64. The number of amides is 1. The number of sulfonamides is 1. The molecule has 8 heteroatoms. The van der Waals surface area contributed by atoms with Gasteiger partial charge in [-0.25, -0.2) is 13.2 Å². The number of carbonyl (C=O) groups is 2. The van der Waals surface area contributed by atoms with E-state index in [1.54, 1.807) is 13.8 Å². The van der Waals surface area contributed by atoms with E-state index in [4.69, 9.17) is 0 Å². The number of rotatable bonds is 6. The molecule has 0 spiro atoms. The number of carbonyl (C=O) groups excluding carboxylic acids is 1. The second-order valence-electron chi connectivity index (χ2n) is 6.88. The van der Waals surface area contributed by atoms with Gasteiger partial charge < -0.3 is 10.4 Å². The third-order valence-electron chi connectivity index (χ3n) is 4.52. The van der Waals surface area contributed by atoms with Gasteiger partial charge in [0.25, 0.3) is 5.91 Å². The lowest BCUT2D eigenvalue weighted by Crippen LogP contribution is -2.44. The van der Waals surface area contributed by atoms with Crippen LogP contribution in [-0.2, 0) is 14.8 Å². The largest absolute Gasteiger partial charge is 0.480 e. The van der Waals surface area contributed by atoms with Crippen LogP contribution in [-0.4, -0.2) is 48.8 Å². The van der Waals surface area contributed by atoms with Crippen LogP contribution in [0.1, 0.15) is 49.9 Å². The monoisotopic (exact) mass is 382 g/mol. The first-order valence-electron chi connectivity index (χ1n) is 8.87. The number of hydrogen-bond donors (Lipinski definition) is 2. The van der Waals surface area contributed by atoms with Crippen molar-refractivity contribution < 1.29 is 23.1 Å². The lowest BCUT2D eigenvalue weighted by Gasteiger charge is -2.21. The molecule has 0 aliphatic carbocycles. The maximum absolute atomic E-state index is 12.9. The summed E-state index contributed by atoms with van der Waals surface area (Å²) in [5.41, 5.74) is 0.132. The van der Waals surface area contributed by atoms with Gasteiger partial charge in [-0.3, -0.25) is 4.79 Å². The molecule has 1 aromatic rings. The highest BCUT2D eigenvalue weighted by Gasteiger charge is 2.27. The zero-order valence-electron chi connectivity index (χ0n) is 15.1. The van der Waals surface area contributed by atoms with E-state index in [1.807, 2.05) is 0 Å². The van der Waals surface area contributed by atoms with E-state index in [2.05, 4.69) is 5.32 Å². The van der Waals surface area contributed by atoms with Gasteiger partial charge in [-0.2, -0.15) is 4.31 Å². The number of carboxylic acid groups (broad SMARTS) is 1. The summed E-state index contributed by atoms with van der Waals surface area (Å²) in [7, 11) is -3.67. The highest BCUT2D eigenvalue weighted by Crippen LogP contribution is 2.21. The fourth-order valence-corrected chi connectivity index (χ4v) is 4.53. The van der Waals surface area contributed by atoms with Crippen LogP contribution < -0.4 is 5.32 Å². The zero-order chi connectivity index (χ0) is 19.3. The van der Waals surface area contributed by atoms with E-state index in [0.29, 0.717) is 13.1 Å². The Bertz CT molecular complexity index is 753. The van der Waals surface area contributed by atoms with Crippen LogP contribution in [0.2, 0.25) is 0 Å². The average Bonchev–Trinajstić information content (AvgIpc) is 2.89. The number of aliphatic carboxylic acids is 1. The van der Waals surface area contributed by atoms with Gasteiger partial charge in [0.15, 0.2) is 0 Å². The zero-order valence-corrected chi connectivity index (χ0v) is 16.0. The van der Waals surface area contributed by atoms with Crippen LogP contribution in [0.4, 0.5) is 0 Å². The normalized spacial score (nSPS) is 17.5. The predicted octanol–water partition coefficient (Wildman–Crippen LogP) is 2.09. The first kappa shape index (κ1) is 20.4. The molecule has 1 unspecified atom stereocenters. The molecule has 1 atom stereocenters. The molecule has 0 bridgehead atoms. The molecule has 26 heavy (non-hydrogen) atoms. The van der Waals surface area contributed by atoms with Gasteiger partial charge in [0.1, 0.15) is 6.04 Å². The van der Waals surface area contributed by atoms with Gasteiger partial charge in [0, 0.05) is 18.7 Å². The average molecular weight is 382 g/mol. The Labute approximate surface area is 154 Å². The van der Waals surface area contributed by atoms with Gasteiger partial charge in [0.05, 0.1) is 4.90 Å². The van der Waals surface area contributed by atoms with Crippen LogP contribution in [0.25, 0.3) is 0 Å². The molecule has 1 aromatic carbocycles. The first-order chi connectivity index (χ1) is 12.2. The fraction of sp³-hybridized carbons (Fsp3) is 0.556. The van der Waals surface area contributed by atoms with Gasteiger partial charge >= 0.3 is 5.97 Å². The Kier molecular flexibility index (Phi) is 6.77. The maximum atomic E-state index is 12.9. The fourth-order valence-electron chi connectivity index (χ4n) is 2.97. The summed E-state index contributed by atoms with van der Waals surface area (Å²) in [5.74, 6) is -2.01. The number of carboxylic acids is 1. The molecule has 1 saturated heterocycles. The molecule has 2 rings (SSSR count). The molecule has 1 heterocycles. The molecule has 1 fully saturated rings. The summed E-state index contributed by atoms with van der Waals surface area (Å²) in [6, 6.07) is 4.73. The first-order valence-corrected chi connectivity index (χ1v) is 10.3. The quantitative estimate of drug-likeness (QED) is 0.784. The van der Waals surface area contributed by atoms with Gasteiger partial charge in [0.2, 0.25) is 10.0 Å². The lowest BCUT2D eigenvalue weighted by atomic mass is 10.0. The van der Waals surface area contributed by atoms with Crippen molar-refractivity contribution >= 4 is 21.9 Å². The standard InChI is InChI=1S/C18H26N2O5S/c1-13(2)16(18(22)23)19-17(21)14-8-7-9-15(12-14)26(24,25)20-10-5-3-4-6-11-20/h7-9,12-13,16H,3-6,10-11H2,1-2H3,(H,19,21)(H,22,23). The molecule has 2 N–H and O–H groups in total. The highest BCUT2D eigenvalue weighted by atomic mass is 32.2. The summed E-state index contributed by atoms with van der Waals surface area (Å²) in [4.78, 5) is 23.7. The summed E-state index contributed by atoms with van der Waals surface area (Å²) in [6.07, 6.45) is 3.68. The molecular formula is C18H26N2O5S. The molecule has 0 radical (unpaired) electrons. The Morgan fingerprint density at radius 2 is 1.73 bits per heavy atom. The van der Waals surface area contributed by atoms with Crippen LogP contribution in [0.15, 0.2) is 29.2 Å². The van der Waals surface area contributed by atoms with Crippen molar-refractivity contribution in [2.75, 3.05) is 13.1 Å². The van der Waals surface area contributed by atoms with Crippen molar-refractivity contribution in [3.8, 4) is 0 Å². The minimum absolute atomic E-state index is 0.0588. The topological polar surface area (TPSA) is 104 Å².